The largest absolute Gasteiger partial charge is 0.388 e. The highest BCUT2D eigenvalue weighted by molar-refractivity contribution is 9.10. The maximum Gasteiger partial charge on any atom is 0.139 e. The van der Waals surface area contributed by atoms with E-state index in [1.54, 1.807) is 10.7 Å². The minimum absolute atomic E-state index is 0.346. The lowest BCUT2D eigenvalue weighted by Gasteiger charge is -2.36. The molecule has 4 nitrogen and oxygen atoms in total. The molecule has 0 bridgehead atoms. The Kier molecular flexibility index (Phi) is 2.45. The summed E-state index contributed by atoms with van der Waals surface area (Å²) in [6.45, 7) is 0.380. The van der Waals surface area contributed by atoms with Crippen molar-refractivity contribution in [3.05, 3.63) is 22.4 Å². The molecule has 1 aromatic heterocycles. The highest BCUT2D eigenvalue weighted by Gasteiger charge is 2.35. The van der Waals surface area contributed by atoms with Gasteiger partial charge in [-0.3, -0.25) is 0 Å². The van der Waals surface area contributed by atoms with Crippen molar-refractivity contribution >= 4 is 27.0 Å². The van der Waals surface area contributed by atoms with E-state index in [0.29, 0.717) is 22.1 Å². The predicted molar refractivity (Wildman–Crippen MR) is 64.0 cm³/mol. The summed E-state index contributed by atoms with van der Waals surface area (Å²) in [7, 11) is 0. The van der Waals surface area contributed by atoms with E-state index in [-0.39, 0.29) is 5.82 Å². The van der Waals surface area contributed by atoms with Gasteiger partial charge in [0.05, 0.1) is 22.1 Å². The average Bonchev–Trinajstić information content (AvgIpc) is 2.60. The third kappa shape index (κ3) is 1.85. The van der Waals surface area contributed by atoms with Crippen molar-refractivity contribution in [3.63, 3.8) is 0 Å². The lowest BCUT2D eigenvalue weighted by atomic mass is 9.80. The van der Waals surface area contributed by atoms with Gasteiger partial charge in [-0.05, 0) is 41.3 Å². The Morgan fingerprint density at radius 1 is 1.47 bits per heavy atom. The number of rotatable bonds is 2. The van der Waals surface area contributed by atoms with E-state index in [9.17, 15) is 9.50 Å². The molecular formula is C11H11BrFN3O. The number of benzene rings is 1. The Balaban J connectivity index is 2.02. The average molecular weight is 300 g/mol. The van der Waals surface area contributed by atoms with Crippen molar-refractivity contribution in [1.29, 1.82) is 0 Å². The topological polar surface area (TPSA) is 50.9 Å². The van der Waals surface area contributed by atoms with Gasteiger partial charge in [0.15, 0.2) is 0 Å². The summed E-state index contributed by atoms with van der Waals surface area (Å²) in [6, 6.07) is 2.99. The molecule has 1 saturated carbocycles. The van der Waals surface area contributed by atoms with Gasteiger partial charge >= 0.3 is 0 Å². The number of aromatic nitrogens is 3. The molecule has 3 rings (SSSR count). The predicted octanol–water partition coefficient (Wildman–Crippen LogP) is 2.25. The van der Waals surface area contributed by atoms with Crippen LogP contribution in [0.1, 0.15) is 19.3 Å². The molecule has 0 radical (unpaired) electrons. The minimum Gasteiger partial charge on any atom is -0.388 e. The summed E-state index contributed by atoms with van der Waals surface area (Å²) in [5.41, 5.74) is 0.553. The fourth-order valence-electron chi connectivity index (χ4n) is 2.10. The van der Waals surface area contributed by atoms with Crippen LogP contribution in [0.4, 0.5) is 4.39 Å². The number of nitrogens with zero attached hydrogens (tertiary/aromatic N) is 3. The van der Waals surface area contributed by atoms with Crippen LogP contribution in [0, 0.1) is 5.82 Å². The summed E-state index contributed by atoms with van der Waals surface area (Å²) in [5, 5.41) is 18.0. The number of hydrogen-bond donors (Lipinski definition) is 1. The van der Waals surface area contributed by atoms with Crippen molar-refractivity contribution in [2.45, 2.75) is 31.4 Å². The number of aliphatic hydroxyl groups is 1. The van der Waals surface area contributed by atoms with Crippen molar-refractivity contribution in [1.82, 2.24) is 15.0 Å². The highest BCUT2D eigenvalue weighted by Crippen LogP contribution is 2.33. The maximum atomic E-state index is 13.5. The second-order valence-electron chi connectivity index (χ2n) is 4.58. The fraction of sp³-hybridized carbons (Fsp3) is 0.455. The molecule has 90 valence electrons. The van der Waals surface area contributed by atoms with Crippen LogP contribution in [0.15, 0.2) is 16.6 Å². The van der Waals surface area contributed by atoms with Crippen LogP contribution in [0.25, 0.3) is 11.0 Å². The number of fused-ring (bicyclic) bond motifs is 1. The molecule has 1 aromatic carbocycles. The van der Waals surface area contributed by atoms with E-state index in [1.807, 2.05) is 0 Å². The van der Waals surface area contributed by atoms with Crippen LogP contribution >= 0.6 is 15.9 Å². The van der Waals surface area contributed by atoms with Crippen LogP contribution in [0.5, 0.6) is 0 Å². The van der Waals surface area contributed by atoms with Crippen LogP contribution in [-0.2, 0) is 6.54 Å². The van der Waals surface area contributed by atoms with E-state index < -0.39 is 5.60 Å². The van der Waals surface area contributed by atoms with E-state index in [0.717, 1.165) is 19.3 Å². The van der Waals surface area contributed by atoms with Crippen LogP contribution in [-0.4, -0.2) is 25.7 Å². The molecule has 1 N–H and O–H groups in total. The second kappa shape index (κ2) is 3.74. The SMILES string of the molecule is OC1(Cn2nnc3cc(Br)c(F)cc32)CCC1. The quantitative estimate of drug-likeness (QED) is 0.925. The van der Waals surface area contributed by atoms with Gasteiger partial charge in [0, 0.05) is 6.07 Å². The Morgan fingerprint density at radius 3 is 2.88 bits per heavy atom. The molecule has 1 aliphatic rings. The van der Waals surface area contributed by atoms with E-state index in [2.05, 4.69) is 26.2 Å². The van der Waals surface area contributed by atoms with Crippen molar-refractivity contribution in [2.24, 2.45) is 0 Å². The summed E-state index contributed by atoms with van der Waals surface area (Å²) < 4.78 is 15.4. The second-order valence-corrected chi connectivity index (χ2v) is 5.43. The molecule has 0 spiro atoms. The smallest absolute Gasteiger partial charge is 0.139 e. The zero-order chi connectivity index (χ0) is 12.0. The van der Waals surface area contributed by atoms with Gasteiger partial charge in [0.25, 0.3) is 0 Å². The molecule has 17 heavy (non-hydrogen) atoms. The molecule has 2 aromatic rings. The molecule has 0 atom stereocenters. The van der Waals surface area contributed by atoms with E-state index >= 15 is 0 Å². The zero-order valence-corrected chi connectivity index (χ0v) is 10.6. The van der Waals surface area contributed by atoms with E-state index in [4.69, 9.17) is 0 Å². The van der Waals surface area contributed by atoms with Crippen molar-refractivity contribution in [2.75, 3.05) is 0 Å². The first-order chi connectivity index (χ1) is 8.07. The first kappa shape index (κ1) is 11.1. The Morgan fingerprint density at radius 2 is 2.24 bits per heavy atom. The lowest BCUT2D eigenvalue weighted by Crippen LogP contribution is -2.41. The van der Waals surface area contributed by atoms with Crippen molar-refractivity contribution in [3.8, 4) is 0 Å². The minimum atomic E-state index is -0.690. The first-order valence-corrected chi connectivity index (χ1v) is 6.27. The molecule has 1 heterocycles. The Labute approximate surface area is 106 Å². The molecule has 0 amide bonds. The Hall–Kier alpha value is -1.01. The van der Waals surface area contributed by atoms with E-state index in [1.165, 1.54) is 6.07 Å². The standard InChI is InChI=1S/C11H11BrFN3O/c12-7-4-9-10(5-8(7)13)16(15-14-9)6-11(17)2-1-3-11/h4-5,17H,1-3,6H2. The van der Waals surface area contributed by atoms with Gasteiger partial charge in [0.2, 0.25) is 0 Å². The van der Waals surface area contributed by atoms with Crippen molar-refractivity contribution < 1.29 is 9.50 Å². The van der Waals surface area contributed by atoms with Gasteiger partial charge < -0.3 is 5.11 Å². The molecule has 1 aliphatic carbocycles. The normalized spacial score (nSPS) is 18.3. The molecule has 0 aliphatic heterocycles. The molecule has 6 heteroatoms. The van der Waals surface area contributed by atoms with Gasteiger partial charge in [-0.2, -0.15) is 0 Å². The summed E-state index contributed by atoms with van der Waals surface area (Å²) in [4.78, 5) is 0. The molecule has 0 saturated heterocycles. The summed E-state index contributed by atoms with van der Waals surface area (Å²) >= 11 is 3.11. The van der Waals surface area contributed by atoms with Gasteiger partial charge in [-0.25, -0.2) is 9.07 Å². The van der Waals surface area contributed by atoms with Gasteiger partial charge in [0.1, 0.15) is 11.3 Å². The molecule has 1 fully saturated rings. The third-order valence-electron chi connectivity index (χ3n) is 3.28. The monoisotopic (exact) mass is 299 g/mol. The Bertz CT molecular complexity index is 579. The van der Waals surface area contributed by atoms with Crippen LogP contribution < -0.4 is 0 Å². The fourth-order valence-corrected chi connectivity index (χ4v) is 2.43. The molecular weight excluding hydrogens is 289 g/mol. The maximum absolute atomic E-state index is 13.5. The molecule has 0 unspecified atom stereocenters. The zero-order valence-electron chi connectivity index (χ0n) is 9.03. The van der Waals surface area contributed by atoms with Crippen LogP contribution in [0.2, 0.25) is 0 Å². The number of hydrogen-bond acceptors (Lipinski definition) is 3. The van der Waals surface area contributed by atoms with Gasteiger partial charge in [-0.15, -0.1) is 5.10 Å². The first-order valence-electron chi connectivity index (χ1n) is 5.48. The van der Waals surface area contributed by atoms with Crippen LogP contribution in [0.3, 0.4) is 0 Å². The highest BCUT2D eigenvalue weighted by atomic mass is 79.9. The lowest BCUT2D eigenvalue weighted by molar-refractivity contribution is -0.0492. The third-order valence-corrected chi connectivity index (χ3v) is 3.89. The number of halogens is 2. The summed E-state index contributed by atoms with van der Waals surface area (Å²) in [5.74, 6) is -0.346. The summed E-state index contributed by atoms with van der Waals surface area (Å²) in [6.07, 6.45) is 2.57. The van der Waals surface area contributed by atoms with Gasteiger partial charge in [-0.1, -0.05) is 5.21 Å².